The maximum atomic E-state index is 13.4. The second-order valence-corrected chi connectivity index (χ2v) is 9.13. The SMILES string of the molecule is O=C(NCc1ccc(F)cc1)C1CNCC2C(=O)OC(Cc3ccccc3)(Cc3ccccc3)N12. The molecule has 180 valence electrons. The number of hydrogen-bond acceptors (Lipinski definition) is 5. The number of rotatable bonds is 7. The standard InChI is InChI=1S/C28H28FN3O3/c29-23-13-11-22(12-14-23)17-31-26(33)24-18-30-19-25-27(34)35-28(32(24)25,15-20-7-3-1-4-8-20)16-21-9-5-2-6-10-21/h1-14,24-25,30H,15-19H2,(H,31,33). The van der Waals surface area contributed by atoms with E-state index in [2.05, 4.69) is 10.6 Å². The Kier molecular flexibility index (Phi) is 6.61. The number of fused-ring (bicyclic) bond motifs is 1. The highest BCUT2D eigenvalue weighted by atomic mass is 19.1. The van der Waals surface area contributed by atoms with E-state index < -0.39 is 17.8 Å². The van der Waals surface area contributed by atoms with E-state index in [1.807, 2.05) is 65.6 Å². The normalized spacial score (nSPS) is 21.2. The topological polar surface area (TPSA) is 70.7 Å². The number of piperazine rings is 1. The largest absolute Gasteiger partial charge is 0.442 e. The van der Waals surface area contributed by atoms with Crippen LogP contribution in [0.1, 0.15) is 16.7 Å². The van der Waals surface area contributed by atoms with Crippen LogP contribution in [0.2, 0.25) is 0 Å². The third-order valence-corrected chi connectivity index (χ3v) is 6.71. The number of benzene rings is 3. The van der Waals surface area contributed by atoms with Crippen molar-refractivity contribution in [2.24, 2.45) is 0 Å². The molecule has 0 radical (unpaired) electrons. The monoisotopic (exact) mass is 473 g/mol. The summed E-state index contributed by atoms with van der Waals surface area (Å²) >= 11 is 0. The summed E-state index contributed by atoms with van der Waals surface area (Å²) in [5, 5.41) is 6.21. The highest BCUT2D eigenvalue weighted by molar-refractivity contribution is 5.86. The van der Waals surface area contributed by atoms with Crippen LogP contribution in [-0.2, 0) is 33.7 Å². The van der Waals surface area contributed by atoms with Crippen molar-refractivity contribution >= 4 is 11.9 Å². The molecule has 2 atom stereocenters. The number of amides is 1. The fourth-order valence-electron chi connectivity index (χ4n) is 5.12. The van der Waals surface area contributed by atoms with Crippen molar-refractivity contribution in [2.75, 3.05) is 13.1 Å². The van der Waals surface area contributed by atoms with Crippen LogP contribution in [0.4, 0.5) is 4.39 Å². The number of ether oxygens (including phenoxy) is 1. The van der Waals surface area contributed by atoms with Gasteiger partial charge in [0.1, 0.15) is 17.9 Å². The van der Waals surface area contributed by atoms with Gasteiger partial charge >= 0.3 is 5.97 Å². The van der Waals surface area contributed by atoms with E-state index in [1.54, 1.807) is 12.1 Å². The predicted molar refractivity (Wildman–Crippen MR) is 130 cm³/mol. The second-order valence-electron chi connectivity index (χ2n) is 9.13. The van der Waals surface area contributed by atoms with Gasteiger partial charge in [0.05, 0.1) is 0 Å². The zero-order valence-corrected chi connectivity index (χ0v) is 19.3. The van der Waals surface area contributed by atoms with Gasteiger partial charge in [-0.3, -0.25) is 9.59 Å². The molecule has 5 rings (SSSR count). The van der Waals surface area contributed by atoms with Crippen molar-refractivity contribution in [1.29, 1.82) is 0 Å². The molecule has 2 fully saturated rings. The van der Waals surface area contributed by atoms with Crippen LogP contribution in [0.5, 0.6) is 0 Å². The first-order valence-corrected chi connectivity index (χ1v) is 11.9. The minimum Gasteiger partial charge on any atom is -0.442 e. The molecule has 0 bridgehead atoms. The minimum absolute atomic E-state index is 0.199. The van der Waals surface area contributed by atoms with E-state index in [-0.39, 0.29) is 24.2 Å². The molecule has 0 saturated carbocycles. The van der Waals surface area contributed by atoms with Gasteiger partial charge in [0.2, 0.25) is 5.91 Å². The smallest absolute Gasteiger partial charge is 0.326 e. The molecule has 0 aliphatic carbocycles. The number of cyclic esters (lactones) is 1. The number of hydrogen-bond donors (Lipinski definition) is 2. The van der Waals surface area contributed by atoms with Gasteiger partial charge in [0.25, 0.3) is 0 Å². The van der Waals surface area contributed by atoms with Gasteiger partial charge in [-0.1, -0.05) is 72.8 Å². The molecule has 0 aromatic heterocycles. The van der Waals surface area contributed by atoms with Crippen molar-refractivity contribution in [3.63, 3.8) is 0 Å². The molecule has 7 heteroatoms. The van der Waals surface area contributed by atoms with Crippen LogP contribution in [-0.4, -0.2) is 47.7 Å². The first kappa shape index (κ1) is 23.2. The van der Waals surface area contributed by atoms with Crippen molar-refractivity contribution < 1.29 is 18.7 Å². The van der Waals surface area contributed by atoms with Crippen LogP contribution in [0.25, 0.3) is 0 Å². The summed E-state index contributed by atoms with van der Waals surface area (Å²) in [7, 11) is 0. The summed E-state index contributed by atoms with van der Waals surface area (Å²) in [6.45, 7) is 1.09. The molecule has 2 unspecified atom stereocenters. The van der Waals surface area contributed by atoms with Crippen molar-refractivity contribution in [2.45, 2.75) is 37.2 Å². The third kappa shape index (κ3) is 4.97. The molecule has 35 heavy (non-hydrogen) atoms. The van der Waals surface area contributed by atoms with Gasteiger partial charge in [0.15, 0.2) is 5.72 Å². The number of nitrogens with one attached hydrogen (secondary N) is 2. The van der Waals surface area contributed by atoms with Crippen molar-refractivity contribution in [3.05, 3.63) is 107 Å². The van der Waals surface area contributed by atoms with Crippen LogP contribution in [0.3, 0.4) is 0 Å². The Morgan fingerprint density at radius 1 is 0.914 bits per heavy atom. The summed E-state index contributed by atoms with van der Waals surface area (Å²) in [5.41, 5.74) is 1.86. The average Bonchev–Trinajstić information content (AvgIpc) is 3.15. The maximum absolute atomic E-state index is 13.4. The Morgan fingerprint density at radius 2 is 1.51 bits per heavy atom. The second kappa shape index (κ2) is 9.98. The van der Waals surface area contributed by atoms with Gasteiger partial charge in [0, 0.05) is 32.5 Å². The van der Waals surface area contributed by atoms with E-state index in [0.717, 1.165) is 16.7 Å². The van der Waals surface area contributed by atoms with Gasteiger partial charge < -0.3 is 15.4 Å². The number of halogens is 1. The predicted octanol–water partition coefficient (Wildman–Crippen LogP) is 2.82. The third-order valence-electron chi connectivity index (χ3n) is 6.71. The van der Waals surface area contributed by atoms with Crippen molar-refractivity contribution in [3.8, 4) is 0 Å². The molecule has 2 N–H and O–H groups in total. The molecule has 3 aromatic rings. The number of carbonyl (C=O) groups is 2. The Hall–Kier alpha value is -3.55. The van der Waals surface area contributed by atoms with Gasteiger partial charge in [-0.2, -0.15) is 0 Å². The van der Waals surface area contributed by atoms with E-state index in [4.69, 9.17) is 4.74 Å². The highest BCUT2D eigenvalue weighted by Gasteiger charge is 2.58. The summed E-state index contributed by atoms with van der Waals surface area (Å²) in [5.74, 6) is -0.838. The van der Waals surface area contributed by atoms with Crippen LogP contribution in [0.15, 0.2) is 84.9 Å². The van der Waals surface area contributed by atoms with Crippen molar-refractivity contribution in [1.82, 2.24) is 15.5 Å². The quantitative estimate of drug-likeness (QED) is 0.517. The molecule has 2 saturated heterocycles. The Bertz CT molecular complexity index is 1130. The number of carbonyl (C=O) groups excluding carboxylic acids is 2. The summed E-state index contributed by atoms with van der Waals surface area (Å²) in [6.07, 6.45) is 0.930. The molecule has 0 spiro atoms. The molecule has 2 heterocycles. The van der Waals surface area contributed by atoms with Gasteiger partial charge in [-0.25, -0.2) is 9.29 Å². The molecule has 1 amide bonds. The zero-order chi connectivity index (χ0) is 24.3. The Labute approximate surface area is 204 Å². The summed E-state index contributed by atoms with van der Waals surface area (Å²) in [6, 6.07) is 24.7. The molecule has 2 aliphatic heterocycles. The highest BCUT2D eigenvalue weighted by Crippen LogP contribution is 2.38. The molecule has 3 aromatic carbocycles. The first-order chi connectivity index (χ1) is 17.0. The Morgan fingerprint density at radius 3 is 2.11 bits per heavy atom. The summed E-state index contributed by atoms with van der Waals surface area (Å²) in [4.78, 5) is 28.5. The van der Waals surface area contributed by atoms with Crippen LogP contribution < -0.4 is 10.6 Å². The van der Waals surface area contributed by atoms with Crippen LogP contribution >= 0.6 is 0 Å². The Balaban J connectivity index is 1.46. The lowest BCUT2D eigenvalue weighted by atomic mass is 9.91. The maximum Gasteiger partial charge on any atom is 0.326 e. The molecular formula is C28H28FN3O3. The van der Waals surface area contributed by atoms with E-state index in [9.17, 15) is 14.0 Å². The number of nitrogens with zero attached hydrogens (tertiary/aromatic N) is 1. The lowest BCUT2D eigenvalue weighted by Gasteiger charge is -2.44. The van der Waals surface area contributed by atoms with E-state index >= 15 is 0 Å². The number of esters is 1. The molecule has 6 nitrogen and oxygen atoms in total. The summed E-state index contributed by atoms with van der Waals surface area (Å²) < 4.78 is 19.4. The van der Waals surface area contributed by atoms with E-state index in [1.165, 1.54) is 12.1 Å². The lowest BCUT2D eigenvalue weighted by Crippen LogP contribution is -2.67. The van der Waals surface area contributed by atoms with Crippen LogP contribution in [0, 0.1) is 5.82 Å². The average molecular weight is 474 g/mol. The van der Waals surface area contributed by atoms with Gasteiger partial charge in [-0.05, 0) is 28.8 Å². The minimum atomic E-state index is -0.996. The fourth-order valence-corrected chi connectivity index (χ4v) is 5.12. The lowest BCUT2D eigenvalue weighted by molar-refractivity contribution is -0.158. The first-order valence-electron chi connectivity index (χ1n) is 11.9. The van der Waals surface area contributed by atoms with E-state index in [0.29, 0.717) is 25.9 Å². The molecular weight excluding hydrogens is 445 g/mol. The zero-order valence-electron chi connectivity index (χ0n) is 19.3. The van der Waals surface area contributed by atoms with Gasteiger partial charge in [-0.15, -0.1) is 0 Å². The fraction of sp³-hybridized carbons (Fsp3) is 0.286. The molecule has 2 aliphatic rings.